The lowest BCUT2D eigenvalue weighted by Gasteiger charge is -2.58. The number of aromatic nitrogens is 2. The van der Waals surface area contributed by atoms with Gasteiger partial charge in [0, 0.05) is 17.8 Å². The molecule has 4 aliphatic carbocycles. The molecule has 0 radical (unpaired) electrons. The highest BCUT2D eigenvalue weighted by atomic mass is 16.3. The first-order chi connectivity index (χ1) is 15.0. The van der Waals surface area contributed by atoms with Crippen molar-refractivity contribution in [3.05, 3.63) is 59.9 Å². The molecule has 2 aromatic rings. The molecule has 0 saturated heterocycles. The molecule has 0 spiro atoms. The quantitative estimate of drug-likeness (QED) is 0.585. The maximum atomic E-state index is 10.3. The van der Waals surface area contributed by atoms with Gasteiger partial charge in [0.1, 0.15) is 0 Å². The third-order valence-electron chi connectivity index (χ3n) is 10.1. The number of aliphatic hydroxyl groups excluding tert-OH is 1. The summed E-state index contributed by atoms with van der Waals surface area (Å²) in [5.41, 5.74) is 4.86. The zero-order valence-corrected chi connectivity index (χ0v) is 19.0. The monoisotopic (exact) mass is 416 g/mol. The van der Waals surface area contributed by atoms with Crippen LogP contribution in [0.15, 0.2) is 54.2 Å². The minimum atomic E-state index is -0.112. The Bertz CT molecular complexity index is 993. The van der Waals surface area contributed by atoms with E-state index in [4.69, 9.17) is 5.10 Å². The van der Waals surface area contributed by atoms with Crippen molar-refractivity contribution < 1.29 is 5.11 Å². The zero-order valence-electron chi connectivity index (χ0n) is 19.0. The summed E-state index contributed by atoms with van der Waals surface area (Å²) in [6.07, 6.45) is 14.1. The van der Waals surface area contributed by atoms with E-state index in [1.54, 1.807) is 5.57 Å². The van der Waals surface area contributed by atoms with E-state index in [0.29, 0.717) is 16.7 Å². The lowest BCUT2D eigenvalue weighted by atomic mass is 9.47. The largest absolute Gasteiger partial charge is 0.393 e. The fraction of sp³-hybridized carbons (Fsp3) is 0.607. The average molecular weight is 417 g/mol. The molecule has 3 heteroatoms. The smallest absolute Gasteiger partial charge is 0.0648 e. The van der Waals surface area contributed by atoms with Gasteiger partial charge in [0.2, 0.25) is 0 Å². The molecule has 3 fully saturated rings. The van der Waals surface area contributed by atoms with E-state index in [-0.39, 0.29) is 6.10 Å². The normalized spacial score (nSPS) is 41.8. The van der Waals surface area contributed by atoms with Crippen molar-refractivity contribution in [1.29, 1.82) is 0 Å². The molecule has 7 atom stereocenters. The minimum absolute atomic E-state index is 0.112. The molecule has 0 aliphatic heterocycles. The summed E-state index contributed by atoms with van der Waals surface area (Å²) in [6, 6.07) is 12.9. The molecule has 31 heavy (non-hydrogen) atoms. The second-order valence-electron chi connectivity index (χ2n) is 11.3. The van der Waals surface area contributed by atoms with E-state index in [9.17, 15) is 5.11 Å². The molecule has 1 aromatic carbocycles. The van der Waals surface area contributed by atoms with Crippen LogP contribution in [0.5, 0.6) is 0 Å². The molecule has 6 rings (SSSR count). The molecule has 1 heterocycles. The van der Waals surface area contributed by atoms with Gasteiger partial charge in [-0.05, 0) is 98.1 Å². The van der Waals surface area contributed by atoms with Gasteiger partial charge < -0.3 is 5.11 Å². The molecular weight excluding hydrogens is 380 g/mol. The van der Waals surface area contributed by atoms with E-state index >= 15 is 0 Å². The molecular formula is C28H36N2O. The maximum absolute atomic E-state index is 10.3. The van der Waals surface area contributed by atoms with Crippen molar-refractivity contribution in [3.63, 3.8) is 0 Å². The van der Waals surface area contributed by atoms with Gasteiger partial charge in [0.05, 0.1) is 11.8 Å². The summed E-state index contributed by atoms with van der Waals surface area (Å²) in [7, 11) is 0. The van der Waals surface area contributed by atoms with Gasteiger partial charge in [-0.1, -0.05) is 43.7 Å². The Hall–Kier alpha value is -1.87. The van der Waals surface area contributed by atoms with Crippen molar-refractivity contribution in [2.75, 3.05) is 0 Å². The summed E-state index contributed by atoms with van der Waals surface area (Å²) < 4.78 is 2.20. The molecule has 1 aromatic heterocycles. The van der Waals surface area contributed by atoms with Crippen molar-refractivity contribution in [2.24, 2.45) is 28.6 Å². The number of benzene rings is 1. The van der Waals surface area contributed by atoms with Crippen LogP contribution in [0.4, 0.5) is 0 Å². The Morgan fingerprint density at radius 3 is 2.65 bits per heavy atom. The minimum Gasteiger partial charge on any atom is -0.393 e. The molecule has 0 bridgehead atoms. The fourth-order valence-corrected chi connectivity index (χ4v) is 8.49. The van der Waals surface area contributed by atoms with Gasteiger partial charge in [-0.25, -0.2) is 4.68 Å². The van der Waals surface area contributed by atoms with Crippen molar-refractivity contribution in [2.45, 2.75) is 77.2 Å². The Kier molecular flexibility index (Phi) is 4.51. The van der Waals surface area contributed by atoms with Gasteiger partial charge in [0.25, 0.3) is 0 Å². The molecule has 2 unspecified atom stereocenters. The van der Waals surface area contributed by atoms with Crippen LogP contribution in [0.1, 0.15) is 76.8 Å². The predicted molar refractivity (Wildman–Crippen MR) is 124 cm³/mol. The standard InChI is InChI=1S/C28H36N2O/c1-27-15-12-21(31)18-19(27)8-9-22-23-10-11-25(28(23,2)16-13-24(22)27)26-14-17-29-30(26)20-6-4-3-5-7-20/h3-8,14,17,21-25,31H,9-13,15-16,18H2,1-2H3/t21?,22-,23-,24+,25?,27-,28-/m0/s1. The number of allylic oxidation sites excluding steroid dienone is 1. The predicted octanol–water partition coefficient (Wildman–Crippen LogP) is 6.28. The van der Waals surface area contributed by atoms with E-state index in [2.05, 4.69) is 61.0 Å². The summed E-state index contributed by atoms with van der Waals surface area (Å²) >= 11 is 0. The first-order valence-corrected chi connectivity index (χ1v) is 12.5. The average Bonchev–Trinajstić information content (AvgIpc) is 3.38. The Balaban J connectivity index is 1.33. The van der Waals surface area contributed by atoms with Crippen LogP contribution in [0.25, 0.3) is 5.69 Å². The van der Waals surface area contributed by atoms with Crippen LogP contribution in [-0.4, -0.2) is 21.0 Å². The molecule has 3 saturated carbocycles. The van der Waals surface area contributed by atoms with E-state index in [1.807, 2.05) is 6.20 Å². The number of rotatable bonds is 2. The first kappa shape index (κ1) is 19.8. The molecule has 0 amide bonds. The second kappa shape index (κ2) is 7.07. The lowest BCUT2D eigenvalue weighted by molar-refractivity contribution is -0.0414. The molecule has 3 nitrogen and oxygen atoms in total. The highest BCUT2D eigenvalue weighted by molar-refractivity contribution is 5.35. The maximum Gasteiger partial charge on any atom is 0.0648 e. The first-order valence-electron chi connectivity index (χ1n) is 12.5. The van der Waals surface area contributed by atoms with E-state index in [0.717, 1.165) is 30.6 Å². The highest BCUT2D eigenvalue weighted by Gasteiger charge is 2.59. The summed E-state index contributed by atoms with van der Waals surface area (Å²) in [5, 5.41) is 15.0. The fourth-order valence-electron chi connectivity index (χ4n) is 8.49. The van der Waals surface area contributed by atoms with Crippen LogP contribution in [0, 0.1) is 28.6 Å². The van der Waals surface area contributed by atoms with Gasteiger partial charge >= 0.3 is 0 Å². The lowest BCUT2D eigenvalue weighted by Crippen LogP contribution is -2.50. The highest BCUT2D eigenvalue weighted by Crippen LogP contribution is 2.68. The molecule has 1 N–H and O–H groups in total. The van der Waals surface area contributed by atoms with Crippen molar-refractivity contribution in [3.8, 4) is 5.69 Å². The SMILES string of the molecule is C[C@]12CCC(O)CC1=CC[C@@H]1[C@H]2CC[C@]2(C)C(c3ccnn3-c3ccccc3)CC[C@@H]12. The topological polar surface area (TPSA) is 38.1 Å². The molecule has 164 valence electrons. The third-order valence-corrected chi connectivity index (χ3v) is 10.1. The summed E-state index contributed by atoms with van der Waals surface area (Å²) in [4.78, 5) is 0. The van der Waals surface area contributed by atoms with Crippen molar-refractivity contribution in [1.82, 2.24) is 9.78 Å². The third kappa shape index (κ3) is 2.85. The van der Waals surface area contributed by atoms with Gasteiger partial charge in [-0.3, -0.25) is 0 Å². The van der Waals surface area contributed by atoms with E-state index < -0.39 is 0 Å². The van der Waals surface area contributed by atoms with Gasteiger partial charge in [0.15, 0.2) is 0 Å². The number of aliphatic hydroxyl groups is 1. The second-order valence-corrected chi connectivity index (χ2v) is 11.3. The van der Waals surface area contributed by atoms with E-state index in [1.165, 1.54) is 49.9 Å². The number of para-hydroxylation sites is 1. The number of nitrogens with zero attached hydrogens (tertiary/aromatic N) is 2. The summed E-state index contributed by atoms with van der Waals surface area (Å²) in [6.45, 7) is 5.13. The van der Waals surface area contributed by atoms with Crippen LogP contribution < -0.4 is 0 Å². The van der Waals surface area contributed by atoms with Crippen LogP contribution in [0.3, 0.4) is 0 Å². The van der Waals surface area contributed by atoms with Gasteiger partial charge in [-0.15, -0.1) is 0 Å². The molecule has 4 aliphatic rings. The Morgan fingerprint density at radius 2 is 1.81 bits per heavy atom. The van der Waals surface area contributed by atoms with Gasteiger partial charge in [-0.2, -0.15) is 5.10 Å². The van der Waals surface area contributed by atoms with Crippen LogP contribution >= 0.6 is 0 Å². The summed E-state index contributed by atoms with van der Waals surface area (Å²) in [5.74, 6) is 3.00. The Morgan fingerprint density at radius 1 is 0.968 bits per heavy atom. The van der Waals surface area contributed by atoms with Crippen molar-refractivity contribution >= 4 is 0 Å². The van der Waals surface area contributed by atoms with Crippen LogP contribution in [0.2, 0.25) is 0 Å². The number of fused-ring (bicyclic) bond motifs is 5. The van der Waals surface area contributed by atoms with Crippen LogP contribution in [-0.2, 0) is 0 Å². The zero-order chi connectivity index (χ0) is 21.2. The number of hydrogen-bond donors (Lipinski definition) is 1. The number of hydrogen-bond acceptors (Lipinski definition) is 2. The Labute approximate surface area is 186 Å².